The zero-order valence-corrected chi connectivity index (χ0v) is 19.0. The molecule has 0 spiro atoms. The third kappa shape index (κ3) is 4.18. The zero-order chi connectivity index (χ0) is 23.4. The fourth-order valence-corrected chi connectivity index (χ4v) is 4.29. The van der Waals surface area contributed by atoms with Crippen molar-refractivity contribution in [1.29, 1.82) is 0 Å². The van der Waals surface area contributed by atoms with Crippen LogP contribution in [0.25, 0.3) is 10.9 Å². The number of carbonyl (C=O) groups excluding carboxylic acids is 1. The second-order valence-electron chi connectivity index (χ2n) is 9.63. The summed E-state index contributed by atoms with van der Waals surface area (Å²) >= 11 is 0. The van der Waals surface area contributed by atoms with Gasteiger partial charge in [-0.15, -0.1) is 0 Å². The average Bonchev–Trinajstić information content (AvgIpc) is 3.45. The summed E-state index contributed by atoms with van der Waals surface area (Å²) in [5, 5.41) is 2.78. The highest BCUT2D eigenvalue weighted by Gasteiger charge is 2.38. The van der Waals surface area contributed by atoms with Gasteiger partial charge in [0, 0.05) is 38.0 Å². The van der Waals surface area contributed by atoms with Gasteiger partial charge >= 0.3 is 6.09 Å². The number of aromatic nitrogens is 1. The number of amides is 1. The molecule has 7 nitrogen and oxygen atoms in total. The van der Waals surface area contributed by atoms with Gasteiger partial charge in [-0.1, -0.05) is 0 Å². The van der Waals surface area contributed by atoms with E-state index < -0.39 is 35.5 Å². The molecule has 9 heteroatoms. The predicted molar refractivity (Wildman–Crippen MR) is 117 cm³/mol. The number of benzene rings is 1. The van der Waals surface area contributed by atoms with Crippen LogP contribution in [-0.2, 0) is 9.47 Å². The van der Waals surface area contributed by atoms with E-state index >= 15 is 8.78 Å². The van der Waals surface area contributed by atoms with Crippen LogP contribution in [-0.4, -0.2) is 48.6 Å². The highest BCUT2D eigenvalue weighted by molar-refractivity contribution is 5.85. The Balaban J connectivity index is 1.70. The molecule has 1 saturated heterocycles. The van der Waals surface area contributed by atoms with E-state index in [2.05, 4.69) is 5.32 Å². The van der Waals surface area contributed by atoms with Crippen LogP contribution in [0.5, 0.6) is 0 Å². The van der Waals surface area contributed by atoms with E-state index in [0.717, 1.165) is 18.9 Å². The van der Waals surface area contributed by atoms with Crippen LogP contribution in [0.15, 0.2) is 17.1 Å². The topological polar surface area (TPSA) is 72.8 Å². The fourth-order valence-electron chi connectivity index (χ4n) is 4.29. The van der Waals surface area contributed by atoms with E-state index in [4.69, 9.17) is 9.47 Å². The summed E-state index contributed by atoms with van der Waals surface area (Å²) in [7, 11) is 1.48. The van der Waals surface area contributed by atoms with Crippen molar-refractivity contribution < 1.29 is 23.0 Å². The molecule has 1 aromatic carbocycles. The SMILES string of the molecule is CO[C@@H]1CN(c2c(F)cc3c(=O)c(C)cn(C4CC4)c3c2F)C[C@@H]1NC(=O)OC(C)(C)C. The van der Waals surface area contributed by atoms with Gasteiger partial charge in [0.1, 0.15) is 17.1 Å². The Kier molecular flexibility index (Phi) is 5.65. The van der Waals surface area contributed by atoms with Gasteiger partial charge in [-0.2, -0.15) is 0 Å². The van der Waals surface area contributed by atoms with Crippen molar-refractivity contribution in [3.05, 3.63) is 39.7 Å². The number of alkyl carbamates (subject to hydrolysis) is 1. The van der Waals surface area contributed by atoms with Crippen LogP contribution >= 0.6 is 0 Å². The van der Waals surface area contributed by atoms with E-state index in [0.29, 0.717) is 5.56 Å². The number of anilines is 1. The van der Waals surface area contributed by atoms with Crippen LogP contribution < -0.4 is 15.6 Å². The van der Waals surface area contributed by atoms with Gasteiger partial charge < -0.3 is 24.3 Å². The summed E-state index contributed by atoms with van der Waals surface area (Å²) in [6.45, 7) is 7.22. The monoisotopic (exact) mass is 449 g/mol. The van der Waals surface area contributed by atoms with E-state index in [1.54, 1.807) is 38.5 Å². The van der Waals surface area contributed by atoms with Gasteiger partial charge in [-0.05, 0) is 46.6 Å². The second kappa shape index (κ2) is 8.03. The first-order chi connectivity index (χ1) is 15.0. The van der Waals surface area contributed by atoms with Crippen molar-refractivity contribution >= 4 is 22.7 Å². The van der Waals surface area contributed by atoms with Crippen LogP contribution in [0.1, 0.15) is 45.2 Å². The molecule has 32 heavy (non-hydrogen) atoms. The molecule has 2 aliphatic rings. The molecular formula is C23H29F2N3O4. The van der Waals surface area contributed by atoms with Crippen molar-refractivity contribution in [3.63, 3.8) is 0 Å². The average molecular weight is 449 g/mol. The number of nitrogens with zero attached hydrogens (tertiary/aromatic N) is 2. The zero-order valence-electron chi connectivity index (χ0n) is 19.0. The Morgan fingerprint density at radius 2 is 1.91 bits per heavy atom. The van der Waals surface area contributed by atoms with Gasteiger partial charge in [0.2, 0.25) is 0 Å². The smallest absolute Gasteiger partial charge is 0.408 e. The van der Waals surface area contributed by atoms with Crippen molar-refractivity contribution in [1.82, 2.24) is 9.88 Å². The summed E-state index contributed by atoms with van der Waals surface area (Å²) in [4.78, 5) is 26.4. The number of pyridine rings is 1. The molecule has 1 N–H and O–H groups in total. The number of halogens is 2. The third-order valence-corrected chi connectivity index (χ3v) is 5.89. The Morgan fingerprint density at radius 3 is 2.50 bits per heavy atom. The molecule has 1 saturated carbocycles. The summed E-state index contributed by atoms with van der Waals surface area (Å²) < 4.78 is 43.5. The predicted octanol–water partition coefficient (Wildman–Crippen LogP) is 3.65. The lowest BCUT2D eigenvalue weighted by atomic mass is 10.1. The first kappa shape index (κ1) is 22.5. The maximum Gasteiger partial charge on any atom is 0.408 e. The van der Waals surface area contributed by atoms with Gasteiger partial charge in [0.05, 0.1) is 23.0 Å². The van der Waals surface area contributed by atoms with Crippen LogP contribution in [0.2, 0.25) is 0 Å². The fraction of sp³-hybridized carbons (Fsp3) is 0.565. The summed E-state index contributed by atoms with van der Waals surface area (Å²) in [6, 6.07) is 0.711. The van der Waals surface area contributed by atoms with Gasteiger partial charge in [0.25, 0.3) is 0 Å². The van der Waals surface area contributed by atoms with Crippen LogP contribution in [0.3, 0.4) is 0 Å². The van der Waals surface area contributed by atoms with Crippen molar-refractivity contribution in [2.45, 2.75) is 64.3 Å². The number of aryl methyl sites for hydroxylation is 1. The molecule has 1 amide bonds. The molecular weight excluding hydrogens is 420 g/mol. The first-order valence-electron chi connectivity index (χ1n) is 10.8. The molecule has 1 aliphatic carbocycles. The molecule has 2 aromatic rings. The van der Waals surface area contributed by atoms with Gasteiger partial charge in [-0.25, -0.2) is 13.6 Å². The van der Waals surface area contributed by atoms with Gasteiger partial charge in [-0.3, -0.25) is 4.79 Å². The van der Waals surface area contributed by atoms with Crippen molar-refractivity contribution in [2.75, 3.05) is 25.1 Å². The molecule has 2 fully saturated rings. The lowest BCUT2D eigenvalue weighted by Gasteiger charge is -2.24. The number of fused-ring (bicyclic) bond motifs is 1. The van der Waals surface area contributed by atoms with E-state index in [-0.39, 0.29) is 41.2 Å². The van der Waals surface area contributed by atoms with Crippen LogP contribution in [0, 0.1) is 18.6 Å². The number of nitrogens with one attached hydrogen (secondary N) is 1. The Bertz CT molecular complexity index is 1120. The number of hydrogen-bond acceptors (Lipinski definition) is 5. The molecule has 0 bridgehead atoms. The standard InChI is InChI=1S/C23H29F2N3O4/c1-12-9-28(13-6-7-13)19-14(21(12)29)8-15(24)20(18(19)25)27-10-16(17(11-27)31-5)26-22(30)32-23(2,3)4/h8-9,13,16-17H,6-7,10-11H2,1-5H3,(H,26,30)/t16-,17+/m0/s1. The number of hydrogen-bond donors (Lipinski definition) is 1. The van der Waals surface area contributed by atoms with E-state index in [9.17, 15) is 9.59 Å². The third-order valence-electron chi connectivity index (χ3n) is 5.89. The summed E-state index contributed by atoms with van der Waals surface area (Å²) in [6.07, 6.45) is 2.33. The minimum Gasteiger partial charge on any atom is -0.444 e. The van der Waals surface area contributed by atoms with Crippen molar-refractivity contribution in [3.8, 4) is 0 Å². The van der Waals surface area contributed by atoms with Gasteiger partial charge in [0.15, 0.2) is 11.2 Å². The maximum atomic E-state index is 15.8. The molecule has 2 heterocycles. The molecule has 0 radical (unpaired) electrons. The molecule has 2 atom stereocenters. The second-order valence-corrected chi connectivity index (χ2v) is 9.63. The molecule has 1 aliphatic heterocycles. The minimum absolute atomic E-state index is 0.0431. The van der Waals surface area contributed by atoms with E-state index in [1.807, 2.05) is 0 Å². The minimum atomic E-state index is -0.812. The first-order valence-corrected chi connectivity index (χ1v) is 10.8. The molecule has 0 unspecified atom stereocenters. The van der Waals surface area contributed by atoms with Crippen molar-refractivity contribution in [2.24, 2.45) is 0 Å². The Hall–Kier alpha value is -2.68. The lowest BCUT2D eigenvalue weighted by molar-refractivity contribution is 0.0417. The number of ether oxygens (including phenoxy) is 2. The number of rotatable bonds is 4. The largest absolute Gasteiger partial charge is 0.444 e. The Labute approximate surface area is 185 Å². The maximum absolute atomic E-state index is 15.8. The number of methoxy groups -OCH3 is 1. The van der Waals surface area contributed by atoms with E-state index in [1.165, 1.54) is 12.0 Å². The summed E-state index contributed by atoms with van der Waals surface area (Å²) in [5.74, 6) is -1.58. The highest BCUT2D eigenvalue weighted by atomic mass is 19.1. The molecule has 174 valence electrons. The lowest BCUT2D eigenvalue weighted by Crippen LogP contribution is -2.45. The Morgan fingerprint density at radius 1 is 1.22 bits per heavy atom. The van der Waals surface area contributed by atoms with Crippen LogP contribution in [0.4, 0.5) is 19.3 Å². The summed E-state index contributed by atoms with van der Waals surface area (Å²) in [5.41, 5.74) is -0.686. The highest BCUT2D eigenvalue weighted by Crippen LogP contribution is 2.40. The molecule has 1 aromatic heterocycles. The quantitative estimate of drug-likeness (QED) is 0.772. The molecule has 4 rings (SSSR count). The normalized spacial score (nSPS) is 21.3. The number of carbonyl (C=O) groups is 1.